The molecule has 0 unspecified atom stereocenters. The van der Waals surface area contributed by atoms with Crippen LogP contribution in [0.5, 0.6) is 0 Å². The van der Waals surface area contributed by atoms with Crippen molar-refractivity contribution in [3.8, 4) is 0 Å². The molecule has 1 aromatic carbocycles. The highest BCUT2D eigenvalue weighted by Crippen LogP contribution is 2.20. The number of carbonyl (C=O) groups is 1. The molecule has 0 aliphatic heterocycles. The molecule has 0 aliphatic carbocycles. The van der Waals surface area contributed by atoms with E-state index in [0.29, 0.717) is 0 Å². The van der Waals surface area contributed by atoms with Crippen molar-refractivity contribution in [3.63, 3.8) is 0 Å². The van der Waals surface area contributed by atoms with Gasteiger partial charge in [-0.15, -0.1) is 23.5 Å². The van der Waals surface area contributed by atoms with Gasteiger partial charge in [-0.1, -0.05) is 31.5 Å². The lowest BCUT2D eigenvalue weighted by atomic mass is 10.2. The summed E-state index contributed by atoms with van der Waals surface area (Å²) < 4.78 is 0.116. The first-order chi connectivity index (χ1) is 8.65. The van der Waals surface area contributed by atoms with Gasteiger partial charge in [-0.3, -0.25) is 0 Å². The van der Waals surface area contributed by atoms with Gasteiger partial charge >= 0.3 is 6.03 Å². The Morgan fingerprint density at radius 1 is 1.17 bits per heavy atom. The minimum Gasteiger partial charge on any atom is -0.317 e. The van der Waals surface area contributed by atoms with E-state index in [4.69, 9.17) is 0 Å². The number of urea groups is 1. The lowest BCUT2D eigenvalue weighted by molar-refractivity contribution is 0.253. The molecule has 0 spiro atoms. The van der Waals surface area contributed by atoms with E-state index in [1.54, 1.807) is 23.5 Å². The van der Waals surface area contributed by atoms with Crippen LogP contribution in [0.3, 0.4) is 0 Å². The Hall–Kier alpha value is -0.810. The SMILES string of the molecule is CCSC(NC(=O)Nc1ccc(C)cc1)SCC. The van der Waals surface area contributed by atoms with Crippen LogP contribution in [0, 0.1) is 6.92 Å². The van der Waals surface area contributed by atoms with Crippen molar-refractivity contribution in [3.05, 3.63) is 29.8 Å². The quantitative estimate of drug-likeness (QED) is 0.778. The van der Waals surface area contributed by atoms with Crippen LogP contribution >= 0.6 is 23.5 Å². The lowest BCUT2D eigenvalue weighted by Crippen LogP contribution is -2.34. The Labute approximate surface area is 117 Å². The molecule has 0 atom stereocenters. The molecule has 0 bridgehead atoms. The summed E-state index contributed by atoms with van der Waals surface area (Å²) in [5.41, 5.74) is 2.00. The Bertz CT molecular complexity index is 362. The third-order valence-electron chi connectivity index (χ3n) is 2.19. The fourth-order valence-corrected chi connectivity index (χ4v) is 3.53. The first kappa shape index (κ1) is 15.2. The Morgan fingerprint density at radius 3 is 2.22 bits per heavy atom. The summed E-state index contributed by atoms with van der Waals surface area (Å²) in [6.07, 6.45) is 0. The number of aryl methyl sites for hydroxylation is 1. The number of anilines is 1. The third kappa shape index (κ3) is 5.69. The topological polar surface area (TPSA) is 41.1 Å². The molecule has 0 heterocycles. The van der Waals surface area contributed by atoms with E-state index in [1.165, 1.54) is 5.56 Å². The summed E-state index contributed by atoms with van der Waals surface area (Å²) in [7, 11) is 0. The fourth-order valence-electron chi connectivity index (χ4n) is 1.35. The maximum Gasteiger partial charge on any atom is 0.320 e. The van der Waals surface area contributed by atoms with Gasteiger partial charge in [0.25, 0.3) is 0 Å². The molecule has 3 nitrogen and oxygen atoms in total. The maximum absolute atomic E-state index is 11.8. The van der Waals surface area contributed by atoms with Gasteiger partial charge in [0.2, 0.25) is 0 Å². The number of hydrogen-bond acceptors (Lipinski definition) is 3. The fraction of sp³-hybridized carbons (Fsp3) is 0.462. The van der Waals surface area contributed by atoms with Crippen LogP contribution in [-0.2, 0) is 0 Å². The van der Waals surface area contributed by atoms with Crippen LogP contribution in [0.4, 0.5) is 10.5 Å². The molecule has 0 aliphatic rings. The molecule has 100 valence electrons. The highest BCUT2D eigenvalue weighted by Gasteiger charge is 2.11. The summed E-state index contributed by atoms with van der Waals surface area (Å²) in [6, 6.07) is 7.63. The molecule has 1 rings (SSSR count). The predicted octanol–water partition coefficient (Wildman–Crippen LogP) is 3.91. The summed E-state index contributed by atoms with van der Waals surface area (Å²) in [6.45, 7) is 6.20. The third-order valence-corrected chi connectivity index (χ3v) is 4.52. The van der Waals surface area contributed by atoms with Gasteiger partial charge in [0.15, 0.2) is 0 Å². The average Bonchev–Trinajstić information content (AvgIpc) is 2.33. The van der Waals surface area contributed by atoms with Gasteiger partial charge in [-0.05, 0) is 30.6 Å². The average molecular weight is 284 g/mol. The van der Waals surface area contributed by atoms with Crippen molar-refractivity contribution in [1.29, 1.82) is 0 Å². The second-order valence-corrected chi connectivity index (χ2v) is 6.77. The first-order valence-electron chi connectivity index (χ1n) is 6.03. The van der Waals surface area contributed by atoms with E-state index in [0.717, 1.165) is 17.2 Å². The van der Waals surface area contributed by atoms with Gasteiger partial charge in [0.05, 0.1) is 0 Å². The molecule has 18 heavy (non-hydrogen) atoms. The number of nitrogens with one attached hydrogen (secondary N) is 2. The van der Waals surface area contributed by atoms with Crippen molar-refractivity contribution in [2.24, 2.45) is 0 Å². The number of carbonyl (C=O) groups excluding carboxylic acids is 1. The zero-order valence-electron chi connectivity index (χ0n) is 11.0. The van der Waals surface area contributed by atoms with Crippen molar-refractivity contribution in [2.45, 2.75) is 25.5 Å². The minimum atomic E-state index is -0.147. The monoisotopic (exact) mass is 284 g/mol. The maximum atomic E-state index is 11.8. The number of rotatable bonds is 6. The van der Waals surface area contributed by atoms with Crippen LogP contribution < -0.4 is 10.6 Å². The van der Waals surface area contributed by atoms with Crippen molar-refractivity contribution >= 4 is 35.2 Å². The molecular formula is C13H20N2OS2. The van der Waals surface area contributed by atoms with Gasteiger partial charge in [0, 0.05) is 5.69 Å². The van der Waals surface area contributed by atoms with E-state index in [9.17, 15) is 4.79 Å². The zero-order chi connectivity index (χ0) is 13.4. The van der Waals surface area contributed by atoms with Crippen molar-refractivity contribution < 1.29 is 4.79 Å². The summed E-state index contributed by atoms with van der Waals surface area (Å²) >= 11 is 3.47. The minimum absolute atomic E-state index is 0.116. The largest absolute Gasteiger partial charge is 0.320 e. The van der Waals surface area contributed by atoms with Crippen molar-refractivity contribution in [1.82, 2.24) is 5.32 Å². The molecule has 0 saturated carbocycles. The Kier molecular flexibility index (Phi) is 7.05. The van der Waals surface area contributed by atoms with Crippen LogP contribution in [0.2, 0.25) is 0 Å². The van der Waals surface area contributed by atoms with Crippen LogP contribution in [0.25, 0.3) is 0 Å². The predicted molar refractivity (Wildman–Crippen MR) is 83.4 cm³/mol. The van der Waals surface area contributed by atoms with Crippen LogP contribution in [0.15, 0.2) is 24.3 Å². The van der Waals surface area contributed by atoms with E-state index in [1.807, 2.05) is 31.2 Å². The Balaban J connectivity index is 2.46. The molecule has 0 radical (unpaired) electrons. The van der Waals surface area contributed by atoms with E-state index >= 15 is 0 Å². The zero-order valence-corrected chi connectivity index (χ0v) is 12.7. The molecular weight excluding hydrogens is 264 g/mol. The molecule has 0 fully saturated rings. The van der Waals surface area contributed by atoms with Gasteiger partial charge in [-0.2, -0.15) is 0 Å². The Morgan fingerprint density at radius 2 is 1.72 bits per heavy atom. The van der Waals surface area contributed by atoms with Crippen LogP contribution in [0.1, 0.15) is 19.4 Å². The summed E-state index contributed by atoms with van der Waals surface area (Å²) in [4.78, 5) is 11.8. The highest BCUT2D eigenvalue weighted by atomic mass is 32.2. The molecule has 0 aromatic heterocycles. The number of benzene rings is 1. The molecule has 2 N–H and O–H groups in total. The first-order valence-corrected chi connectivity index (χ1v) is 8.12. The van der Waals surface area contributed by atoms with Crippen LogP contribution in [-0.4, -0.2) is 22.2 Å². The van der Waals surface area contributed by atoms with Crippen molar-refractivity contribution in [2.75, 3.05) is 16.8 Å². The standard InChI is InChI=1S/C13H20N2OS2/c1-4-17-13(18-5-2)15-12(16)14-11-8-6-10(3)7-9-11/h6-9,13H,4-5H2,1-3H3,(H2,14,15,16). The summed E-state index contributed by atoms with van der Waals surface area (Å²) in [5.74, 6) is 1.98. The van der Waals surface area contributed by atoms with Gasteiger partial charge in [0.1, 0.15) is 4.71 Å². The summed E-state index contributed by atoms with van der Waals surface area (Å²) in [5, 5.41) is 5.80. The molecule has 0 saturated heterocycles. The highest BCUT2D eigenvalue weighted by molar-refractivity contribution is 8.16. The molecule has 1 aromatic rings. The number of thioether (sulfide) groups is 2. The van der Waals surface area contributed by atoms with Gasteiger partial charge < -0.3 is 10.6 Å². The van der Waals surface area contributed by atoms with E-state index in [-0.39, 0.29) is 10.7 Å². The molecule has 2 amide bonds. The number of amides is 2. The number of hydrogen-bond donors (Lipinski definition) is 2. The van der Waals surface area contributed by atoms with Gasteiger partial charge in [-0.25, -0.2) is 4.79 Å². The van der Waals surface area contributed by atoms with E-state index < -0.39 is 0 Å². The van der Waals surface area contributed by atoms with E-state index in [2.05, 4.69) is 24.5 Å². The lowest BCUT2D eigenvalue weighted by Gasteiger charge is -2.16. The second-order valence-electron chi connectivity index (χ2n) is 3.71. The second kappa shape index (κ2) is 8.32. The molecule has 5 heteroatoms. The smallest absolute Gasteiger partial charge is 0.317 e. The normalized spacial score (nSPS) is 10.4.